The molecule has 16 nitrogen and oxygen atoms in total. The monoisotopic (exact) mass is 534 g/mol. The van der Waals surface area contributed by atoms with Gasteiger partial charge in [-0.3, -0.25) is 29.8 Å². The molecule has 5 rings (SSSR count). The van der Waals surface area contributed by atoms with Crippen LogP contribution in [-0.2, 0) is 0 Å². The fraction of sp³-hybridized carbons (Fsp3) is 0. The molecule has 2 heterocycles. The van der Waals surface area contributed by atoms with Crippen LogP contribution in [0.3, 0.4) is 0 Å². The minimum Gasteiger partial charge on any atom is -0.478 e. The van der Waals surface area contributed by atoms with Crippen LogP contribution >= 0.6 is 0 Å². The average molecular weight is 534 g/mol. The van der Waals surface area contributed by atoms with Crippen LogP contribution in [0.4, 0.5) is 22.7 Å². The third kappa shape index (κ3) is 6.73. The zero-order valence-corrected chi connectivity index (χ0v) is 19.6. The minimum atomic E-state index is -1.20. The molecule has 0 unspecified atom stereocenters. The predicted molar refractivity (Wildman–Crippen MR) is 140 cm³/mol. The van der Waals surface area contributed by atoms with Gasteiger partial charge in [-0.25, -0.2) is 14.8 Å². The molecule has 2 aromatic heterocycles. The van der Waals surface area contributed by atoms with Gasteiger partial charge < -0.3 is 26.5 Å². The first kappa shape index (κ1) is 27.4. The number of carboxylic acid groups (broad SMARTS) is 1. The van der Waals surface area contributed by atoms with Crippen molar-refractivity contribution in [1.82, 2.24) is 19.9 Å². The molecule has 0 radical (unpaired) electrons. The molecule has 0 atom stereocenters. The van der Waals surface area contributed by atoms with E-state index in [1.165, 1.54) is 30.9 Å². The Morgan fingerprint density at radius 2 is 1.26 bits per heavy atom. The Morgan fingerprint density at radius 3 is 1.77 bits per heavy atom. The Morgan fingerprint density at radius 1 is 0.769 bits per heavy atom. The molecule has 16 heteroatoms. The highest BCUT2D eigenvalue weighted by molar-refractivity contribution is 5.94. The van der Waals surface area contributed by atoms with Crippen LogP contribution in [0.5, 0.6) is 0 Å². The summed E-state index contributed by atoms with van der Waals surface area (Å²) in [5.74, 6) is -1.20. The maximum absolute atomic E-state index is 11.2. The number of H-pyrrole nitrogens is 2. The third-order valence-corrected chi connectivity index (χ3v) is 4.98. The Balaban J connectivity index is 0.000000162. The number of carboxylic acids is 1. The van der Waals surface area contributed by atoms with Crippen LogP contribution in [0.15, 0.2) is 76.8 Å². The van der Waals surface area contributed by atoms with Crippen molar-refractivity contribution in [1.29, 1.82) is 0 Å². The van der Waals surface area contributed by atoms with Gasteiger partial charge in [-0.05, 0) is 30.3 Å². The van der Waals surface area contributed by atoms with E-state index in [4.69, 9.17) is 16.6 Å². The van der Waals surface area contributed by atoms with E-state index in [1.807, 2.05) is 0 Å². The average Bonchev–Trinajstić information content (AvgIpc) is 2.89. The van der Waals surface area contributed by atoms with E-state index in [-0.39, 0.29) is 33.7 Å². The van der Waals surface area contributed by atoms with Crippen LogP contribution < -0.4 is 22.6 Å². The highest BCUT2D eigenvalue weighted by Gasteiger charge is 2.12. The molecule has 0 amide bonds. The number of aromatic carboxylic acids is 1. The van der Waals surface area contributed by atoms with Crippen molar-refractivity contribution in [3.8, 4) is 0 Å². The summed E-state index contributed by atoms with van der Waals surface area (Å²) in [6, 6.07) is 12.2. The van der Waals surface area contributed by atoms with Crippen molar-refractivity contribution in [2.45, 2.75) is 0 Å². The molecular weight excluding hydrogens is 516 g/mol. The summed E-state index contributed by atoms with van der Waals surface area (Å²) in [5, 5.41) is 30.1. The molecule has 39 heavy (non-hydrogen) atoms. The molecule has 7 N–H and O–H groups in total. The number of benzene rings is 3. The van der Waals surface area contributed by atoms with Crippen molar-refractivity contribution in [2.24, 2.45) is 0 Å². The zero-order chi connectivity index (χ0) is 28.7. The summed E-state index contributed by atoms with van der Waals surface area (Å²) in [4.78, 5) is 65.0. The first-order valence-corrected chi connectivity index (χ1v) is 10.6. The van der Waals surface area contributed by atoms with Crippen molar-refractivity contribution >= 4 is 50.5 Å². The number of nitrogen functional groups attached to an aromatic ring is 2. The lowest BCUT2D eigenvalue weighted by Gasteiger charge is -1.98. The van der Waals surface area contributed by atoms with Gasteiger partial charge >= 0.3 is 5.97 Å². The van der Waals surface area contributed by atoms with Gasteiger partial charge in [-0.1, -0.05) is 0 Å². The summed E-state index contributed by atoms with van der Waals surface area (Å²) in [6.07, 6.45) is 2.58. The Kier molecular flexibility index (Phi) is 8.22. The molecule has 0 aliphatic carbocycles. The summed E-state index contributed by atoms with van der Waals surface area (Å²) < 4.78 is 0. The van der Waals surface area contributed by atoms with E-state index in [0.29, 0.717) is 27.5 Å². The number of aromatic amines is 2. The Bertz CT molecular complexity index is 1830. The van der Waals surface area contributed by atoms with Crippen molar-refractivity contribution < 1.29 is 19.7 Å². The Labute approximate surface area is 215 Å². The summed E-state index contributed by atoms with van der Waals surface area (Å²) in [7, 11) is 0. The van der Waals surface area contributed by atoms with Crippen LogP contribution in [0.25, 0.3) is 21.8 Å². The summed E-state index contributed by atoms with van der Waals surface area (Å²) in [6.45, 7) is 0. The summed E-state index contributed by atoms with van der Waals surface area (Å²) >= 11 is 0. The van der Waals surface area contributed by atoms with E-state index in [1.54, 1.807) is 18.2 Å². The molecular formula is C23H18N8O8. The molecule has 0 aliphatic rings. The number of fused-ring (bicyclic) bond motifs is 2. The highest BCUT2D eigenvalue weighted by atomic mass is 16.6. The zero-order valence-electron chi connectivity index (χ0n) is 19.6. The number of anilines is 2. The van der Waals surface area contributed by atoms with Gasteiger partial charge in [0.25, 0.3) is 22.5 Å². The van der Waals surface area contributed by atoms with Gasteiger partial charge in [-0.2, -0.15) is 0 Å². The number of nitrogens with one attached hydrogen (secondary N) is 2. The number of rotatable bonds is 3. The normalized spacial score (nSPS) is 10.1. The fourth-order valence-corrected chi connectivity index (χ4v) is 3.11. The number of non-ortho nitro benzene ring substituents is 2. The summed E-state index contributed by atoms with van der Waals surface area (Å²) in [5.41, 5.74) is 11.4. The smallest absolute Gasteiger partial charge is 0.337 e. The van der Waals surface area contributed by atoms with E-state index in [9.17, 15) is 34.6 Å². The third-order valence-electron chi connectivity index (χ3n) is 4.98. The van der Waals surface area contributed by atoms with Crippen LogP contribution in [0.2, 0.25) is 0 Å². The van der Waals surface area contributed by atoms with Gasteiger partial charge in [0.15, 0.2) is 0 Å². The lowest BCUT2D eigenvalue weighted by atomic mass is 10.1. The van der Waals surface area contributed by atoms with Crippen LogP contribution in [-0.4, -0.2) is 40.9 Å². The van der Waals surface area contributed by atoms with Gasteiger partial charge in [0.1, 0.15) is 0 Å². The largest absolute Gasteiger partial charge is 0.478 e. The molecule has 0 bridgehead atoms. The predicted octanol–water partition coefficient (Wildman–Crippen LogP) is 2.21. The van der Waals surface area contributed by atoms with Crippen LogP contribution in [0, 0.1) is 20.2 Å². The molecule has 5 aromatic rings. The van der Waals surface area contributed by atoms with Gasteiger partial charge in [0.2, 0.25) is 0 Å². The van der Waals surface area contributed by atoms with Crippen molar-refractivity contribution in [3.05, 3.63) is 114 Å². The van der Waals surface area contributed by atoms with Gasteiger partial charge in [0, 0.05) is 30.0 Å². The molecule has 3 aromatic carbocycles. The Hall–Kier alpha value is -6.19. The maximum atomic E-state index is 11.2. The second-order valence-corrected chi connectivity index (χ2v) is 7.53. The highest BCUT2D eigenvalue weighted by Crippen LogP contribution is 2.19. The number of hydrogen-bond acceptors (Lipinski definition) is 11. The molecule has 0 saturated carbocycles. The van der Waals surface area contributed by atoms with Crippen molar-refractivity contribution in [3.63, 3.8) is 0 Å². The standard InChI is InChI=1S/C8H5N3O3.C8H7N3O.C7H6N2O4/c12-8-6-2-1-5(11(13)14)3-7(6)9-4-10-8;9-5-1-2-6-7(3-5)10-4-11-8(6)12;8-6-3-4(9(12)13)1-2-5(6)7(10)11/h1-4H,(H,9,10,12);1-4H,9H2,(H,10,11,12);1-3H,8H2,(H,10,11). The van der Waals surface area contributed by atoms with Gasteiger partial charge in [0.05, 0.1) is 55.6 Å². The topological polar surface area (TPSA) is 267 Å². The van der Waals surface area contributed by atoms with E-state index < -0.39 is 15.8 Å². The fourth-order valence-electron chi connectivity index (χ4n) is 3.11. The lowest BCUT2D eigenvalue weighted by Crippen LogP contribution is -2.06. The quantitative estimate of drug-likeness (QED) is 0.127. The van der Waals surface area contributed by atoms with E-state index in [2.05, 4.69) is 19.9 Å². The number of nitro groups is 2. The first-order chi connectivity index (χ1) is 18.5. The number of nitrogens with two attached hydrogens (primary N) is 2. The minimum absolute atomic E-state index is 0.0735. The second kappa shape index (κ2) is 11.7. The number of aromatic nitrogens is 4. The number of hydrogen-bond donors (Lipinski definition) is 5. The SMILES string of the molecule is Nc1cc([N+](=O)[O-])ccc1C(=O)O.Nc1ccc2c(=O)[nH]cnc2c1.O=c1[nH]cnc2cc([N+](=O)[O-])ccc12. The molecule has 0 fully saturated rings. The molecule has 198 valence electrons. The number of nitro benzene ring substituents is 2. The van der Waals surface area contributed by atoms with Gasteiger partial charge in [-0.15, -0.1) is 0 Å². The van der Waals surface area contributed by atoms with E-state index in [0.717, 1.165) is 18.2 Å². The van der Waals surface area contributed by atoms with Crippen molar-refractivity contribution in [2.75, 3.05) is 11.5 Å². The molecule has 0 spiro atoms. The maximum Gasteiger partial charge on any atom is 0.337 e. The molecule has 0 saturated heterocycles. The second-order valence-electron chi connectivity index (χ2n) is 7.53. The van der Waals surface area contributed by atoms with E-state index >= 15 is 0 Å². The molecule has 0 aliphatic heterocycles. The number of nitrogens with zero attached hydrogens (tertiary/aromatic N) is 4. The van der Waals surface area contributed by atoms with Crippen LogP contribution in [0.1, 0.15) is 10.4 Å². The number of carbonyl (C=O) groups is 1. The first-order valence-electron chi connectivity index (χ1n) is 10.6. The lowest BCUT2D eigenvalue weighted by molar-refractivity contribution is -0.384.